The second-order valence-corrected chi connectivity index (χ2v) is 5.96. The summed E-state index contributed by atoms with van der Waals surface area (Å²) >= 11 is 0. The summed E-state index contributed by atoms with van der Waals surface area (Å²) in [6.07, 6.45) is 3.88. The van der Waals surface area contributed by atoms with E-state index in [-0.39, 0.29) is 17.4 Å². The van der Waals surface area contributed by atoms with Gasteiger partial charge in [0, 0.05) is 12.6 Å². The van der Waals surface area contributed by atoms with E-state index >= 15 is 0 Å². The summed E-state index contributed by atoms with van der Waals surface area (Å²) in [5.74, 6) is 0.227. The van der Waals surface area contributed by atoms with Crippen molar-refractivity contribution in [2.75, 3.05) is 13.1 Å². The zero-order valence-corrected chi connectivity index (χ0v) is 12.6. The fourth-order valence-corrected chi connectivity index (χ4v) is 2.88. The quantitative estimate of drug-likeness (QED) is 0.837. The lowest BCUT2D eigenvalue weighted by molar-refractivity contribution is -0.131. The summed E-state index contributed by atoms with van der Waals surface area (Å²) in [6.45, 7) is 5.99. The Morgan fingerprint density at radius 1 is 1.40 bits per heavy atom. The largest absolute Gasteiger partial charge is 0.353 e. The Balaban J connectivity index is 1.82. The van der Waals surface area contributed by atoms with Crippen LogP contribution in [0.5, 0.6) is 0 Å². The predicted molar refractivity (Wildman–Crippen MR) is 82.6 cm³/mol. The van der Waals surface area contributed by atoms with Crippen LogP contribution < -0.4 is 10.6 Å². The Kier molecular flexibility index (Phi) is 5.18. The van der Waals surface area contributed by atoms with Crippen LogP contribution in [0.15, 0.2) is 30.3 Å². The molecule has 1 fully saturated rings. The highest BCUT2D eigenvalue weighted by molar-refractivity contribution is 5.83. The Morgan fingerprint density at radius 3 is 2.75 bits per heavy atom. The average Bonchev–Trinajstić information content (AvgIpc) is 2.96. The molecule has 110 valence electrons. The Morgan fingerprint density at radius 2 is 2.15 bits per heavy atom. The molecule has 1 aliphatic heterocycles. The first-order chi connectivity index (χ1) is 9.66. The highest BCUT2D eigenvalue weighted by Crippen LogP contribution is 2.29. The zero-order valence-electron chi connectivity index (χ0n) is 12.6. The number of hydrogen-bond acceptors (Lipinski definition) is 2. The fraction of sp³-hybridized carbons (Fsp3) is 0.588. The molecule has 2 unspecified atom stereocenters. The Bertz CT molecular complexity index is 424. The van der Waals surface area contributed by atoms with Gasteiger partial charge < -0.3 is 10.6 Å². The van der Waals surface area contributed by atoms with Crippen LogP contribution in [0.25, 0.3) is 0 Å². The van der Waals surface area contributed by atoms with Gasteiger partial charge in [-0.3, -0.25) is 4.79 Å². The van der Waals surface area contributed by atoms with Gasteiger partial charge in [-0.1, -0.05) is 37.3 Å². The van der Waals surface area contributed by atoms with Crippen LogP contribution >= 0.6 is 0 Å². The maximum Gasteiger partial charge on any atom is 0.227 e. The van der Waals surface area contributed by atoms with Gasteiger partial charge in [-0.2, -0.15) is 0 Å². The first-order valence-corrected chi connectivity index (χ1v) is 7.72. The van der Waals surface area contributed by atoms with Gasteiger partial charge in [-0.15, -0.1) is 0 Å². The van der Waals surface area contributed by atoms with Crippen molar-refractivity contribution in [2.24, 2.45) is 5.41 Å². The molecule has 3 nitrogen and oxygen atoms in total. The second kappa shape index (κ2) is 6.89. The van der Waals surface area contributed by atoms with Crippen molar-refractivity contribution in [3.05, 3.63) is 35.9 Å². The molecule has 1 aliphatic rings. The minimum atomic E-state index is -0.180. The van der Waals surface area contributed by atoms with Gasteiger partial charge in [0.15, 0.2) is 0 Å². The topological polar surface area (TPSA) is 41.1 Å². The number of amides is 1. The first kappa shape index (κ1) is 15.0. The van der Waals surface area contributed by atoms with Crippen molar-refractivity contribution in [3.8, 4) is 0 Å². The van der Waals surface area contributed by atoms with Crippen molar-refractivity contribution >= 4 is 5.91 Å². The molecule has 2 N–H and O–H groups in total. The van der Waals surface area contributed by atoms with Gasteiger partial charge in [-0.25, -0.2) is 0 Å². The van der Waals surface area contributed by atoms with E-state index in [1.54, 1.807) is 0 Å². The first-order valence-electron chi connectivity index (χ1n) is 7.72. The lowest BCUT2D eigenvalue weighted by Gasteiger charge is -2.27. The van der Waals surface area contributed by atoms with Crippen LogP contribution in [0.4, 0.5) is 0 Å². The smallest absolute Gasteiger partial charge is 0.227 e. The van der Waals surface area contributed by atoms with Gasteiger partial charge in [0.2, 0.25) is 5.91 Å². The normalized spacial score (nSPS) is 23.5. The van der Waals surface area contributed by atoms with E-state index in [9.17, 15) is 4.79 Å². The fourth-order valence-electron chi connectivity index (χ4n) is 2.88. The van der Waals surface area contributed by atoms with E-state index in [0.29, 0.717) is 0 Å². The standard InChI is InChI=1S/C17H26N2O/c1-3-17(11-12-18-13-17)16(20)19-14(2)9-10-15-7-5-4-6-8-15/h4-8,14,18H,3,9-13H2,1-2H3,(H,19,20). The number of carbonyl (C=O) groups excluding carboxylic acids is 1. The van der Waals surface area contributed by atoms with Crippen LogP contribution in [-0.4, -0.2) is 25.0 Å². The molecule has 0 saturated carbocycles. The van der Waals surface area contributed by atoms with Gasteiger partial charge in [0.25, 0.3) is 0 Å². The van der Waals surface area contributed by atoms with Crippen molar-refractivity contribution in [1.82, 2.24) is 10.6 Å². The molecule has 1 amide bonds. The van der Waals surface area contributed by atoms with Gasteiger partial charge in [-0.05, 0) is 44.7 Å². The summed E-state index contributed by atoms with van der Waals surface area (Å²) in [7, 11) is 0. The van der Waals surface area contributed by atoms with Gasteiger partial charge >= 0.3 is 0 Å². The third kappa shape index (κ3) is 3.60. The van der Waals surface area contributed by atoms with Crippen molar-refractivity contribution in [2.45, 2.75) is 45.6 Å². The average molecular weight is 274 g/mol. The molecule has 3 heteroatoms. The molecule has 0 spiro atoms. The number of nitrogens with one attached hydrogen (secondary N) is 2. The second-order valence-electron chi connectivity index (χ2n) is 5.96. The summed E-state index contributed by atoms with van der Waals surface area (Å²) < 4.78 is 0. The van der Waals surface area contributed by atoms with Crippen molar-refractivity contribution in [1.29, 1.82) is 0 Å². The van der Waals surface area contributed by atoms with Crippen molar-refractivity contribution in [3.63, 3.8) is 0 Å². The molecular formula is C17H26N2O. The molecular weight excluding hydrogens is 248 g/mol. The minimum absolute atomic E-state index is 0.180. The maximum absolute atomic E-state index is 12.5. The molecule has 1 heterocycles. The van der Waals surface area contributed by atoms with Crippen LogP contribution in [0.1, 0.15) is 38.7 Å². The molecule has 2 rings (SSSR count). The minimum Gasteiger partial charge on any atom is -0.353 e. The van der Waals surface area contributed by atoms with E-state index in [0.717, 1.165) is 38.8 Å². The Hall–Kier alpha value is -1.35. The SMILES string of the molecule is CCC1(C(=O)NC(C)CCc2ccccc2)CCNC1. The monoisotopic (exact) mass is 274 g/mol. The summed E-state index contributed by atoms with van der Waals surface area (Å²) in [5, 5.41) is 6.52. The number of hydrogen-bond donors (Lipinski definition) is 2. The van der Waals surface area contributed by atoms with E-state index < -0.39 is 0 Å². The lowest BCUT2D eigenvalue weighted by Crippen LogP contribution is -2.45. The van der Waals surface area contributed by atoms with E-state index in [4.69, 9.17) is 0 Å². The molecule has 1 aromatic rings. The molecule has 0 radical (unpaired) electrons. The molecule has 1 saturated heterocycles. The number of carbonyl (C=O) groups is 1. The van der Waals surface area contributed by atoms with E-state index in [1.165, 1.54) is 5.56 Å². The number of benzene rings is 1. The molecule has 0 bridgehead atoms. The number of rotatable bonds is 6. The molecule has 0 aliphatic carbocycles. The summed E-state index contributed by atoms with van der Waals surface area (Å²) in [6, 6.07) is 10.7. The summed E-state index contributed by atoms with van der Waals surface area (Å²) in [4.78, 5) is 12.5. The van der Waals surface area contributed by atoms with E-state index in [1.807, 2.05) is 6.07 Å². The van der Waals surface area contributed by atoms with Crippen LogP contribution in [-0.2, 0) is 11.2 Å². The third-order valence-corrected chi connectivity index (χ3v) is 4.49. The zero-order chi connectivity index (χ0) is 14.4. The molecule has 1 aromatic carbocycles. The van der Waals surface area contributed by atoms with Crippen LogP contribution in [0, 0.1) is 5.41 Å². The third-order valence-electron chi connectivity index (χ3n) is 4.49. The lowest BCUT2D eigenvalue weighted by atomic mass is 9.83. The van der Waals surface area contributed by atoms with Gasteiger partial charge in [0.1, 0.15) is 0 Å². The molecule has 2 atom stereocenters. The predicted octanol–water partition coefficient (Wildman–Crippen LogP) is 2.51. The van der Waals surface area contributed by atoms with Crippen molar-refractivity contribution < 1.29 is 4.79 Å². The van der Waals surface area contributed by atoms with Crippen LogP contribution in [0.2, 0.25) is 0 Å². The maximum atomic E-state index is 12.5. The molecule has 0 aromatic heterocycles. The Labute approximate surface area is 122 Å². The molecule has 20 heavy (non-hydrogen) atoms. The summed E-state index contributed by atoms with van der Waals surface area (Å²) in [5.41, 5.74) is 1.16. The van der Waals surface area contributed by atoms with Crippen LogP contribution in [0.3, 0.4) is 0 Å². The highest BCUT2D eigenvalue weighted by Gasteiger charge is 2.39. The van der Waals surface area contributed by atoms with Gasteiger partial charge in [0.05, 0.1) is 5.41 Å². The highest BCUT2D eigenvalue weighted by atomic mass is 16.2. The number of aryl methyl sites for hydroxylation is 1. The van der Waals surface area contributed by atoms with E-state index in [2.05, 4.69) is 48.7 Å².